The molecule has 2 N–H and O–H groups in total. The van der Waals surface area contributed by atoms with E-state index in [9.17, 15) is 4.79 Å². The SMILES string of the molecule is CCC(C(=O)c1ccccc1)C(C)(C)N. The zero-order valence-electron chi connectivity index (χ0n) is 9.66. The zero-order valence-corrected chi connectivity index (χ0v) is 9.66. The first-order chi connectivity index (χ1) is 6.96. The van der Waals surface area contributed by atoms with Crippen molar-refractivity contribution in [2.45, 2.75) is 32.7 Å². The Bertz CT molecular complexity index is 324. The number of ketones is 1. The van der Waals surface area contributed by atoms with Crippen molar-refractivity contribution in [2.75, 3.05) is 0 Å². The van der Waals surface area contributed by atoms with Gasteiger partial charge in [0, 0.05) is 17.0 Å². The summed E-state index contributed by atoms with van der Waals surface area (Å²) in [7, 11) is 0. The van der Waals surface area contributed by atoms with Crippen LogP contribution in [0.2, 0.25) is 0 Å². The third kappa shape index (κ3) is 2.90. The Morgan fingerprint density at radius 3 is 2.27 bits per heavy atom. The summed E-state index contributed by atoms with van der Waals surface area (Å²) in [5.41, 5.74) is 6.30. The lowest BCUT2D eigenvalue weighted by Gasteiger charge is -2.28. The average Bonchev–Trinajstić information content (AvgIpc) is 2.18. The first-order valence-electron chi connectivity index (χ1n) is 5.35. The van der Waals surface area contributed by atoms with Gasteiger partial charge < -0.3 is 5.73 Å². The number of nitrogens with two attached hydrogens (primary N) is 1. The standard InChI is InChI=1S/C13H19NO/c1-4-11(13(2,3)14)12(15)10-8-6-5-7-9-10/h5-9,11H,4,14H2,1-3H3. The summed E-state index contributed by atoms with van der Waals surface area (Å²) in [6.07, 6.45) is 0.775. The lowest BCUT2D eigenvalue weighted by Crippen LogP contribution is -2.44. The molecular weight excluding hydrogens is 186 g/mol. The zero-order chi connectivity index (χ0) is 11.5. The molecule has 0 aliphatic heterocycles. The van der Waals surface area contributed by atoms with Crippen molar-refractivity contribution in [1.29, 1.82) is 0 Å². The van der Waals surface area contributed by atoms with Gasteiger partial charge in [0.1, 0.15) is 0 Å². The highest BCUT2D eigenvalue weighted by Gasteiger charge is 2.30. The van der Waals surface area contributed by atoms with Crippen LogP contribution in [0.1, 0.15) is 37.6 Å². The maximum atomic E-state index is 12.1. The Hall–Kier alpha value is -1.15. The monoisotopic (exact) mass is 205 g/mol. The summed E-state index contributed by atoms with van der Waals surface area (Å²) in [4.78, 5) is 12.1. The van der Waals surface area contributed by atoms with Crippen LogP contribution in [0.15, 0.2) is 30.3 Å². The van der Waals surface area contributed by atoms with Crippen molar-refractivity contribution < 1.29 is 4.79 Å². The summed E-state index contributed by atoms with van der Waals surface area (Å²) in [6, 6.07) is 9.35. The fourth-order valence-electron chi connectivity index (χ4n) is 1.85. The number of rotatable bonds is 4. The number of carbonyl (C=O) groups is 1. The lowest BCUT2D eigenvalue weighted by molar-refractivity contribution is 0.0863. The van der Waals surface area contributed by atoms with Crippen LogP contribution in [0.4, 0.5) is 0 Å². The quantitative estimate of drug-likeness (QED) is 0.768. The molecule has 2 heteroatoms. The first kappa shape index (κ1) is 11.9. The van der Waals surface area contributed by atoms with Gasteiger partial charge in [0.2, 0.25) is 0 Å². The van der Waals surface area contributed by atoms with Crippen molar-refractivity contribution >= 4 is 5.78 Å². The largest absolute Gasteiger partial charge is 0.325 e. The van der Waals surface area contributed by atoms with E-state index in [1.165, 1.54) is 0 Å². The van der Waals surface area contributed by atoms with Crippen molar-refractivity contribution in [2.24, 2.45) is 11.7 Å². The molecule has 0 aliphatic rings. The second-order valence-electron chi connectivity index (χ2n) is 4.51. The Kier molecular flexibility index (Phi) is 3.64. The van der Waals surface area contributed by atoms with Gasteiger partial charge in [-0.1, -0.05) is 37.3 Å². The van der Waals surface area contributed by atoms with E-state index >= 15 is 0 Å². The van der Waals surface area contributed by atoms with Crippen LogP contribution in [0.25, 0.3) is 0 Å². The smallest absolute Gasteiger partial charge is 0.167 e. The van der Waals surface area contributed by atoms with Gasteiger partial charge in [0.05, 0.1) is 0 Å². The molecule has 1 unspecified atom stereocenters. The van der Waals surface area contributed by atoms with Crippen LogP contribution < -0.4 is 5.73 Å². The van der Waals surface area contributed by atoms with E-state index in [2.05, 4.69) is 0 Å². The van der Waals surface area contributed by atoms with E-state index in [-0.39, 0.29) is 11.7 Å². The highest BCUT2D eigenvalue weighted by Crippen LogP contribution is 2.22. The number of benzene rings is 1. The van der Waals surface area contributed by atoms with Gasteiger partial charge in [0.25, 0.3) is 0 Å². The van der Waals surface area contributed by atoms with E-state index < -0.39 is 5.54 Å². The van der Waals surface area contributed by atoms with E-state index in [4.69, 9.17) is 5.73 Å². The predicted molar refractivity (Wildman–Crippen MR) is 62.8 cm³/mol. The Balaban J connectivity index is 2.93. The van der Waals surface area contributed by atoms with Gasteiger partial charge in [-0.05, 0) is 20.3 Å². The van der Waals surface area contributed by atoms with Crippen LogP contribution in [-0.4, -0.2) is 11.3 Å². The summed E-state index contributed by atoms with van der Waals surface area (Å²) >= 11 is 0. The Morgan fingerprint density at radius 2 is 1.87 bits per heavy atom. The number of Topliss-reactive ketones (excluding diaryl/α,β-unsaturated/α-hetero) is 1. The van der Waals surface area contributed by atoms with Gasteiger partial charge >= 0.3 is 0 Å². The van der Waals surface area contributed by atoms with Crippen LogP contribution in [0, 0.1) is 5.92 Å². The fourth-order valence-corrected chi connectivity index (χ4v) is 1.85. The molecule has 2 nitrogen and oxygen atoms in total. The molecule has 0 spiro atoms. The summed E-state index contributed by atoms with van der Waals surface area (Å²) in [5, 5.41) is 0. The number of hydrogen-bond donors (Lipinski definition) is 1. The molecule has 1 rings (SSSR count). The lowest BCUT2D eigenvalue weighted by atomic mass is 9.81. The topological polar surface area (TPSA) is 43.1 Å². The minimum Gasteiger partial charge on any atom is -0.325 e. The second kappa shape index (κ2) is 4.58. The van der Waals surface area contributed by atoms with E-state index in [0.29, 0.717) is 0 Å². The average molecular weight is 205 g/mol. The van der Waals surface area contributed by atoms with Gasteiger partial charge in [-0.15, -0.1) is 0 Å². The highest BCUT2D eigenvalue weighted by atomic mass is 16.1. The third-order valence-electron chi connectivity index (χ3n) is 2.68. The summed E-state index contributed by atoms with van der Waals surface area (Å²) in [5.74, 6) is 0.0329. The molecule has 0 aliphatic carbocycles. The van der Waals surface area contributed by atoms with Crippen LogP contribution in [0.3, 0.4) is 0 Å². The number of carbonyl (C=O) groups excluding carboxylic acids is 1. The Labute approximate surface area is 91.5 Å². The molecule has 1 aromatic rings. The molecule has 0 amide bonds. The molecule has 0 bridgehead atoms. The summed E-state index contributed by atoms with van der Waals surface area (Å²) in [6.45, 7) is 5.81. The van der Waals surface area contributed by atoms with Gasteiger partial charge in [-0.25, -0.2) is 0 Å². The van der Waals surface area contributed by atoms with Gasteiger partial charge in [0.15, 0.2) is 5.78 Å². The highest BCUT2D eigenvalue weighted by molar-refractivity contribution is 5.98. The molecule has 1 aromatic carbocycles. The maximum absolute atomic E-state index is 12.1. The van der Waals surface area contributed by atoms with Crippen LogP contribution in [-0.2, 0) is 0 Å². The first-order valence-corrected chi connectivity index (χ1v) is 5.35. The van der Waals surface area contributed by atoms with E-state index in [1.807, 2.05) is 51.1 Å². The normalized spacial score (nSPS) is 13.6. The van der Waals surface area contributed by atoms with Crippen molar-refractivity contribution in [3.05, 3.63) is 35.9 Å². The third-order valence-corrected chi connectivity index (χ3v) is 2.68. The second-order valence-corrected chi connectivity index (χ2v) is 4.51. The molecular formula is C13H19NO. The molecule has 0 radical (unpaired) electrons. The molecule has 0 fully saturated rings. The van der Waals surface area contributed by atoms with Gasteiger partial charge in [-0.2, -0.15) is 0 Å². The van der Waals surface area contributed by atoms with Crippen molar-refractivity contribution in [3.63, 3.8) is 0 Å². The Morgan fingerprint density at radius 1 is 1.33 bits per heavy atom. The molecule has 15 heavy (non-hydrogen) atoms. The van der Waals surface area contributed by atoms with Crippen LogP contribution >= 0.6 is 0 Å². The molecule has 0 saturated carbocycles. The number of hydrogen-bond acceptors (Lipinski definition) is 2. The molecule has 0 aromatic heterocycles. The molecule has 0 saturated heterocycles. The summed E-state index contributed by atoms with van der Waals surface area (Å²) < 4.78 is 0. The van der Waals surface area contributed by atoms with Crippen molar-refractivity contribution in [1.82, 2.24) is 0 Å². The van der Waals surface area contributed by atoms with E-state index in [1.54, 1.807) is 0 Å². The maximum Gasteiger partial charge on any atom is 0.167 e. The van der Waals surface area contributed by atoms with Crippen LogP contribution in [0.5, 0.6) is 0 Å². The van der Waals surface area contributed by atoms with E-state index in [0.717, 1.165) is 12.0 Å². The van der Waals surface area contributed by atoms with Crippen molar-refractivity contribution in [3.8, 4) is 0 Å². The molecule has 1 atom stereocenters. The van der Waals surface area contributed by atoms with Gasteiger partial charge in [-0.3, -0.25) is 4.79 Å². The molecule has 82 valence electrons. The predicted octanol–water partition coefficient (Wildman–Crippen LogP) is 2.63. The minimum absolute atomic E-state index is 0.111. The molecule has 0 heterocycles. The minimum atomic E-state index is -0.457. The fraction of sp³-hybridized carbons (Fsp3) is 0.462.